The smallest absolute Gasteiger partial charge is 0.252 e. The molecule has 0 aliphatic heterocycles. The van der Waals surface area contributed by atoms with E-state index in [0.717, 1.165) is 35.1 Å². The molecule has 0 bridgehead atoms. The highest BCUT2D eigenvalue weighted by atomic mass is 127. The number of hydrogen-bond acceptors (Lipinski definition) is 6. The topological polar surface area (TPSA) is 86.7 Å². The van der Waals surface area contributed by atoms with Crippen LogP contribution < -0.4 is 10.6 Å². The Balaban J connectivity index is 0.00000392. The molecule has 2 rings (SSSR count). The molecule has 2 aromatic heterocycles. The molecule has 0 fully saturated rings. The normalized spacial score (nSPS) is 12.1. The van der Waals surface area contributed by atoms with Gasteiger partial charge >= 0.3 is 0 Å². The first kappa shape index (κ1) is 25.3. The number of aliphatic imine (C=N–C) groups is 1. The predicted octanol–water partition coefficient (Wildman–Crippen LogP) is 2.99. The number of nitrogens with one attached hydrogen (secondary N) is 2. The Hall–Kier alpha value is -0.760. The van der Waals surface area contributed by atoms with E-state index in [1.807, 2.05) is 19.9 Å². The number of aromatic nitrogens is 1. The average molecular weight is 558 g/mol. The summed E-state index contributed by atoms with van der Waals surface area (Å²) in [5.74, 6) is 0.716. The minimum Gasteiger partial charge on any atom is -0.357 e. The van der Waals surface area contributed by atoms with Gasteiger partial charge in [-0.2, -0.15) is 0 Å². The SMILES string of the molecule is CCNC(=NCc1ccc(S(=O)(=O)N(C)C)s1)NCCc1nc(C)c(C)s1.I. The first-order chi connectivity index (χ1) is 12.7. The molecule has 2 heterocycles. The van der Waals surface area contributed by atoms with Crippen molar-refractivity contribution in [3.05, 3.63) is 32.6 Å². The van der Waals surface area contributed by atoms with Gasteiger partial charge in [0, 0.05) is 43.4 Å². The van der Waals surface area contributed by atoms with Crippen molar-refractivity contribution in [2.75, 3.05) is 27.2 Å². The fraction of sp³-hybridized carbons (Fsp3) is 0.529. The maximum Gasteiger partial charge on any atom is 0.252 e. The molecule has 11 heteroatoms. The highest BCUT2D eigenvalue weighted by Crippen LogP contribution is 2.24. The lowest BCUT2D eigenvalue weighted by atomic mass is 10.4. The summed E-state index contributed by atoms with van der Waals surface area (Å²) in [6, 6.07) is 3.45. The van der Waals surface area contributed by atoms with Gasteiger partial charge in [-0.15, -0.1) is 46.7 Å². The van der Waals surface area contributed by atoms with Gasteiger partial charge in [0.15, 0.2) is 5.96 Å². The van der Waals surface area contributed by atoms with Crippen LogP contribution >= 0.6 is 46.7 Å². The third-order valence-electron chi connectivity index (χ3n) is 3.81. The second-order valence-corrected chi connectivity index (χ2v) is 11.0. The Kier molecular flexibility index (Phi) is 10.3. The van der Waals surface area contributed by atoms with E-state index in [9.17, 15) is 8.42 Å². The highest BCUT2D eigenvalue weighted by Gasteiger charge is 2.19. The number of guanidine groups is 1. The minimum atomic E-state index is -3.38. The van der Waals surface area contributed by atoms with Gasteiger partial charge in [0.1, 0.15) is 4.21 Å². The fourth-order valence-electron chi connectivity index (χ4n) is 2.19. The zero-order chi connectivity index (χ0) is 20.0. The molecule has 7 nitrogen and oxygen atoms in total. The standard InChI is InChI=1S/C17H27N5O2S3.HI/c1-6-18-17(19-10-9-15-21-12(2)13(3)25-15)20-11-14-7-8-16(26-14)27(23,24)22(4)5;/h7-8H,6,9-11H2,1-5H3,(H2,18,19,20);1H. The van der Waals surface area contributed by atoms with E-state index in [1.165, 1.54) is 34.6 Å². The van der Waals surface area contributed by atoms with Crippen LogP contribution in [0.1, 0.15) is 27.4 Å². The Bertz CT molecular complexity index is 871. The van der Waals surface area contributed by atoms with Gasteiger partial charge in [-0.25, -0.2) is 22.7 Å². The number of thiophene rings is 1. The van der Waals surface area contributed by atoms with Gasteiger partial charge in [-0.1, -0.05) is 0 Å². The molecule has 0 aliphatic carbocycles. The first-order valence-electron chi connectivity index (χ1n) is 8.70. The van der Waals surface area contributed by atoms with E-state index in [-0.39, 0.29) is 24.0 Å². The Morgan fingerprint density at radius 1 is 1.21 bits per heavy atom. The molecular formula is C17H28IN5O2S3. The summed E-state index contributed by atoms with van der Waals surface area (Å²) >= 11 is 2.98. The van der Waals surface area contributed by atoms with Crippen LogP contribution in [0, 0.1) is 13.8 Å². The predicted molar refractivity (Wildman–Crippen MR) is 129 cm³/mol. The van der Waals surface area contributed by atoms with E-state index < -0.39 is 10.0 Å². The van der Waals surface area contributed by atoms with Crippen molar-refractivity contribution in [1.29, 1.82) is 0 Å². The lowest BCUT2D eigenvalue weighted by molar-refractivity contribution is 0.523. The Morgan fingerprint density at radius 3 is 2.50 bits per heavy atom. The fourth-order valence-corrected chi connectivity index (χ4v) is 5.58. The van der Waals surface area contributed by atoms with Crippen LogP contribution in [-0.2, 0) is 23.0 Å². The molecule has 0 atom stereocenters. The Morgan fingerprint density at radius 2 is 1.93 bits per heavy atom. The number of thiazole rings is 1. The van der Waals surface area contributed by atoms with Crippen LogP contribution in [0.5, 0.6) is 0 Å². The maximum atomic E-state index is 12.2. The summed E-state index contributed by atoms with van der Waals surface area (Å²) in [7, 11) is -0.318. The lowest BCUT2D eigenvalue weighted by Crippen LogP contribution is -2.38. The lowest BCUT2D eigenvalue weighted by Gasteiger charge is -2.10. The molecule has 0 radical (unpaired) electrons. The van der Waals surface area contributed by atoms with Crippen LogP contribution in [0.15, 0.2) is 21.3 Å². The Labute approximate surface area is 192 Å². The highest BCUT2D eigenvalue weighted by molar-refractivity contribution is 14.0. The molecular weight excluding hydrogens is 529 g/mol. The van der Waals surface area contributed by atoms with Gasteiger partial charge in [-0.05, 0) is 32.9 Å². The van der Waals surface area contributed by atoms with Gasteiger partial charge in [0.25, 0.3) is 10.0 Å². The first-order valence-corrected chi connectivity index (χ1v) is 11.8. The summed E-state index contributed by atoms with van der Waals surface area (Å²) in [6.07, 6.45) is 0.841. The zero-order valence-corrected chi connectivity index (χ0v) is 21.6. The number of sulfonamides is 1. The summed E-state index contributed by atoms with van der Waals surface area (Å²) in [5, 5.41) is 7.63. The van der Waals surface area contributed by atoms with Gasteiger partial charge in [0.05, 0.1) is 17.2 Å². The van der Waals surface area contributed by atoms with Crippen molar-refractivity contribution in [1.82, 2.24) is 19.9 Å². The third kappa shape index (κ3) is 6.94. The molecule has 0 unspecified atom stereocenters. The second-order valence-electron chi connectivity index (χ2n) is 6.13. The monoisotopic (exact) mass is 557 g/mol. The zero-order valence-electron chi connectivity index (χ0n) is 16.8. The molecule has 28 heavy (non-hydrogen) atoms. The van der Waals surface area contributed by atoms with Crippen LogP contribution in [0.2, 0.25) is 0 Å². The molecule has 0 aromatic carbocycles. The molecule has 0 aliphatic rings. The minimum absolute atomic E-state index is 0. The molecule has 2 aromatic rings. The molecule has 0 spiro atoms. The summed E-state index contributed by atoms with van der Waals surface area (Å²) in [6.45, 7) is 8.05. The van der Waals surface area contributed by atoms with Crippen molar-refractivity contribution in [2.45, 2.75) is 37.9 Å². The van der Waals surface area contributed by atoms with Crippen molar-refractivity contribution in [2.24, 2.45) is 4.99 Å². The largest absolute Gasteiger partial charge is 0.357 e. The van der Waals surface area contributed by atoms with Crippen LogP contribution in [0.4, 0.5) is 0 Å². The molecule has 2 N–H and O–H groups in total. The summed E-state index contributed by atoms with van der Waals surface area (Å²) < 4.78 is 25.9. The third-order valence-corrected chi connectivity index (χ3v) is 8.30. The average Bonchev–Trinajstić information content (AvgIpc) is 3.20. The number of rotatable bonds is 8. The van der Waals surface area contributed by atoms with Crippen molar-refractivity contribution >= 4 is 62.6 Å². The number of halogens is 1. The number of aryl methyl sites for hydroxylation is 2. The number of nitrogens with zero attached hydrogens (tertiary/aromatic N) is 3. The molecule has 158 valence electrons. The van der Waals surface area contributed by atoms with Crippen LogP contribution in [-0.4, -0.2) is 50.9 Å². The number of hydrogen-bond donors (Lipinski definition) is 2. The van der Waals surface area contributed by atoms with Crippen LogP contribution in [0.3, 0.4) is 0 Å². The quantitative estimate of drug-likeness (QED) is 0.296. The second kappa shape index (κ2) is 11.4. The van der Waals surface area contributed by atoms with E-state index in [0.29, 0.717) is 16.7 Å². The van der Waals surface area contributed by atoms with E-state index >= 15 is 0 Å². The van der Waals surface area contributed by atoms with Crippen LogP contribution in [0.25, 0.3) is 0 Å². The van der Waals surface area contributed by atoms with Crippen molar-refractivity contribution in [3.63, 3.8) is 0 Å². The molecule has 0 saturated carbocycles. The van der Waals surface area contributed by atoms with E-state index in [2.05, 4.69) is 27.5 Å². The van der Waals surface area contributed by atoms with Gasteiger partial charge < -0.3 is 10.6 Å². The summed E-state index contributed by atoms with van der Waals surface area (Å²) in [4.78, 5) is 11.3. The van der Waals surface area contributed by atoms with Gasteiger partial charge in [-0.3, -0.25) is 0 Å². The van der Waals surface area contributed by atoms with Crippen molar-refractivity contribution in [3.8, 4) is 0 Å². The van der Waals surface area contributed by atoms with Crippen molar-refractivity contribution < 1.29 is 8.42 Å². The summed E-state index contributed by atoms with van der Waals surface area (Å²) in [5.41, 5.74) is 1.09. The van der Waals surface area contributed by atoms with E-state index in [4.69, 9.17) is 0 Å². The maximum absolute atomic E-state index is 12.2. The molecule has 0 saturated heterocycles. The van der Waals surface area contributed by atoms with E-state index in [1.54, 1.807) is 17.4 Å². The molecule has 0 amide bonds. The van der Waals surface area contributed by atoms with Gasteiger partial charge in [0.2, 0.25) is 0 Å².